The normalized spacial score (nSPS) is 11.1. The molecule has 0 bridgehead atoms. The minimum Gasteiger partial charge on any atom is -0.496 e. The zero-order valence-corrected chi connectivity index (χ0v) is 13.1. The number of thiocarbonyl (C=S) groups is 1. The second kappa shape index (κ2) is 7.46. The molecule has 4 heteroatoms. The molecular weight excluding hydrogens is 256 g/mol. The minimum atomic E-state index is 0.380. The van der Waals surface area contributed by atoms with Gasteiger partial charge >= 0.3 is 0 Å². The summed E-state index contributed by atoms with van der Waals surface area (Å²) in [5.41, 5.74) is 7.77. The maximum Gasteiger partial charge on any atom is 0.129 e. The lowest BCUT2D eigenvalue weighted by molar-refractivity contribution is 0.248. The molecular formula is C15H24N2OS. The van der Waals surface area contributed by atoms with Crippen LogP contribution in [0.15, 0.2) is 18.2 Å². The van der Waals surface area contributed by atoms with Gasteiger partial charge in [0, 0.05) is 13.1 Å². The van der Waals surface area contributed by atoms with E-state index in [4.69, 9.17) is 22.7 Å². The molecule has 1 rings (SSSR count). The molecule has 0 amide bonds. The van der Waals surface area contributed by atoms with E-state index in [1.807, 2.05) is 12.1 Å². The second-order valence-corrected chi connectivity index (χ2v) is 5.56. The summed E-state index contributed by atoms with van der Waals surface area (Å²) in [5, 5.41) is 0. The average Bonchev–Trinajstić information content (AvgIpc) is 2.37. The van der Waals surface area contributed by atoms with Crippen LogP contribution in [0, 0.1) is 5.92 Å². The van der Waals surface area contributed by atoms with Gasteiger partial charge in [-0.2, -0.15) is 0 Å². The van der Waals surface area contributed by atoms with Gasteiger partial charge in [-0.3, -0.25) is 4.90 Å². The molecule has 0 aliphatic rings. The number of hydrogen-bond acceptors (Lipinski definition) is 3. The largest absolute Gasteiger partial charge is 0.496 e. The van der Waals surface area contributed by atoms with Crippen LogP contribution in [0.3, 0.4) is 0 Å². The lowest BCUT2D eigenvalue weighted by Crippen LogP contribution is -2.27. The quantitative estimate of drug-likeness (QED) is 0.780. The average molecular weight is 280 g/mol. The summed E-state index contributed by atoms with van der Waals surface area (Å²) in [4.78, 5) is 2.79. The summed E-state index contributed by atoms with van der Waals surface area (Å²) in [7, 11) is 1.63. The van der Waals surface area contributed by atoms with E-state index < -0.39 is 0 Å². The first-order valence-corrected chi connectivity index (χ1v) is 7.07. The molecule has 0 spiro atoms. The van der Waals surface area contributed by atoms with Crippen LogP contribution < -0.4 is 10.5 Å². The van der Waals surface area contributed by atoms with Gasteiger partial charge < -0.3 is 10.5 Å². The fourth-order valence-electron chi connectivity index (χ4n) is 2.13. The summed E-state index contributed by atoms with van der Waals surface area (Å²) in [6.07, 6.45) is 0. The fraction of sp³-hybridized carbons (Fsp3) is 0.533. The summed E-state index contributed by atoms with van der Waals surface area (Å²) in [6, 6.07) is 6.04. The van der Waals surface area contributed by atoms with E-state index >= 15 is 0 Å². The molecule has 106 valence electrons. The van der Waals surface area contributed by atoms with Crippen molar-refractivity contribution in [2.45, 2.75) is 27.3 Å². The van der Waals surface area contributed by atoms with E-state index in [0.717, 1.165) is 30.9 Å². The van der Waals surface area contributed by atoms with Crippen molar-refractivity contribution >= 4 is 17.2 Å². The zero-order valence-electron chi connectivity index (χ0n) is 12.3. The number of nitrogens with two attached hydrogens (primary N) is 1. The molecule has 0 atom stereocenters. The molecule has 0 saturated heterocycles. The van der Waals surface area contributed by atoms with Gasteiger partial charge in [-0.05, 0) is 30.2 Å². The monoisotopic (exact) mass is 280 g/mol. The molecule has 0 radical (unpaired) electrons. The summed E-state index contributed by atoms with van der Waals surface area (Å²) >= 11 is 5.07. The maximum atomic E-state index is 5.74. The van der Waals surface area contributed by atoms with Crippen molar-refractivity contribution in [2.24, 2.45) is 11.7 Å². The Morgan fingerprint density at radius 2 is 2.11 bits per heavy atom. The van der Waals surface area contributed by atoms with E-state index in [1.165, 1.54) is 5.56 Å². The highest BCUT2D eigenvalue weighted by molar-refractivity contribution is 7.80. The Labute approximate surface area is 121 Å². The van der Waals surface area contributed by atoms with Gasteiger partial charge in [-0.25, -0.2) is 0 Å². The minimum absolute atomic E-state index is 0.380. The third kappa shape index (κ3) is 4.80. The van der Waals surface area contributed by atoms with Crippen LogP contribution in [0.2, 0.25) is 0 Å². The highest BCUT2D eigenvalue weighted by Crippen LogP contribution is 2.21. The Kier molecular flexibility index (Phi) is 6.25. The lowest BCUT2D eigenvalue weighted by atomic mass is 10.1. The third-order valence-electron chi connectivity index (χ3n) is 3.01. The van der Waals surface area contributed by atoms with Gasteiger partial charge in [0.15, 0.2) is 0 Å². The van der Waals surface area contributed by atoms with Crippen molar-refractivity contribution in [3.05, 3.63) is 29.3 Å². The molecule has 0 fully saturated rings. The van der Waals surface area contributed by atoms with Crippen LogP contribution in [0.1, 0.15) is 31.9 Å². The topological polar surface area (TPSA) is 38.5 Å². The Bertz CT molecular complexity index is 432. The molecule has 19 heavy (non-hydrogen) atoms. The Morgan fingerprint density at radius 1 is 1.42 bits per heavy atom. The first-order valence-electron chi connectivity index (χ1n) is 6.67. The van der Waals surface area contributed by atoms with Gasteiger partial charge in [-0.1, -0.05) is 39.1 Å². The molecule has 0 saturated carbocycles. The number of rotatable bonds is 7. The highest BCUT2D eigenvalue weighted by Gasteiger charge is 2.10. The predicted octanol–water partition coefficient (Wildman–Crippen LogP) is 2.81. The smallest absolute Gasteiger partial charge is 0.129 e. The van der Waals surface area contributed by atoms with Crippen molar-refractivity contribution in [2.75, 3.05) is 20.2 Å². The standard InChI is InChI=1S/C15H24N2OS/c1-5-17(9-11(2)3)10-12-6-7-14(18-4)13(8-12)15(16)19/h6-8,11H,5,9-10H2,1-4H3,(H2,16,19). The van der Waals surface area contributed by atoms with Crippen LogP contribution in [-0.4, -0.2) is 30.1 Å². The highest BCUT2D eigenvalue weighted by atomic mass is 32.1. The van der Waals surface area contributed by atoms with Crippen molar-refractivity contribution in [3.8, 4) is 5.75 Å². The molecule has 2 N–H and O–H groups in total. The first kappa shape index (κ1) is 15.9. The van der Waals surface area contributed by atoms with Gasteiger partial charge in [-0.15, -0.1) is 0 Å². The summed E-state index contributed by atoms with van der Waals surface area (Å²) in [5.74, 6) is 1.40. The molecule has 0 unspecified atom stereocenters. The summed E-state index contributed by atoms with van der Waals surface area (Å²) in [6.45, 7) is 9.68. The second-order valence-electron chi connectivity index (χ2n) is 5.12. The number of ether oxygens (including phenoxy) is 1. The van der Waals surface area contributed by atoms with Crippen LogP contribution in [-0.2, 0) is 6.54 Å². The SMILES string of the molecule is CCN(Cc1ccc(OC)c(C(N)=S)c1)CC(C)C. The van der Waals surface area contributed by atoms with Crippen molar-refractivity contribution < 1.29 is 4.74 Å². The molecule has 0 aliphatic heterocycles. The number of methoxy groups -OCH3 is 1. The molecule has 1 aromatic rings. The Hall–Kier alpha value is -1.13. The number of nitrogens with zero attached hydrogens (tertiary/aromatic N) is 1. The van der Waals surface area contributed by atoms with Gasteiger partial charge in [0.2, 0.25) is 0 Å². The van der Waals surface area contributed by atoms with E-state index in [1.54, 1.807) is 7.11 Å². The number of hydrogen-bond donors (Lipinski definition) is 1. The van der Waals surface area contributed by atoms with Gasteiger partial charge in [0.25, 0.3) is 0 Å². The lowest BCUT2D eigenvalue weighted by Gasteiger charge is -2.23. The molecule has 0 heterocycles. The molecule has 0 aromatic heterocycles. The predicted molar refractivity (Wildman–Crippen MR) is 84.7 cm³/mol. The van der Waals surface area contributed by atoms with E-state index in [-0.39, 0.29) is 0 Å². The van der Waals surface area contributed by atoms with Gasteiger partial charge in [0.05, 0.1) is 12.7 Å². The van der Waals surface area contributed by atoms with Crippen molar-refractivity contribution in [3.63, 3.8) is 0 Å². The fourth-order valence-corrected chi connectivity index (χ4v) is 2.29. The number of benzene rings is 1. The van der Waals surface area contributed by atoms with Gasteiger partial charge in [0.1, 0.15) is 10.7 Å². The van der Waals surface area contributed by atoms with Crippen LogP contribution in [0.5, 0.6) is 5.75 Å². The molecule has 1 aromatic carbocycles. The molecule has 3 nitrogen and oxygen atoms in total. The zero-order chi connectivity index (χ0) is 14.4. The van der Waals surface area contributed by atoms with Crippen LogP contribution in [0.4, 0.5) is 0 Å². The Morgan fingerprint density at radius 3 is 2.58 bits per heavy atom. The van der Waals surface area contributed by atoms with E-state index in [0.29, 0.717) is 10.9 Å². The van der Waals surface area contributed by atoms with Crippen molar-refractivity contribution in [1.29, 1.82) is 0 Å². The molecule has 0 aliphatic carbocycles. The van der Waals surface area contributed by atoms with Crippen LogP contribution in [0.25, 0.3) is 0 Å². The summed E-state index contributed by atoms with van der Waals surface area (Å²) < 4.78 is 5.28. The van der Waals surface area contributed by atoms with E-state index in [9.17, 15) is 0 Å². The first-order chi connectivity index (χ1) is 8.97. The third-order valence-corrected chi connectivity index (χ3v) is 3.23. The maximum absolute atomic E-state index is 5.74. The Balaban J connectivity index is 2.89. The van der Waals surface area contributed by atoms with Crippen molar-refractivity contribution in [1.82, 2.24) is 4.90 Å². The van der Waals surface area contributed by atoms with E-state index in [2.05, 4.69) is 31.7 Å². The van der Waals surface area contributed by atoms with Crippen LogP contribution >= 0.6 is 12.2 Å².